The molecule has 0 aliphatic heterocycles. The molecule has 0 spiro atoms. The summed E-state index contributed by atoms with van der Waals surface area (Å²) in [5.74, 6) is -0.556. The molecule has 4 nitrogen and oxygen atoms in total. The highest BCUT2D eigenvalue weighted by molar-refractivity contribution is 6.27. The molecule has 1 rings (SSSR count). The maximum absolute atomic E-state index is 10.3. The molecule has 0 bridgehead atoms. The summed E-state index contributed by atoms with van der Waals surface area (Å²) in [6, 6.07) is 0. The molecule has 5 heteroatoms. The number of hydrogen-bond donors (Lipinski definition) is 1. The fourth-order valence-electron chi connectivity index (χ4n) is 0.855. The second-order valence-corrected chi connectivity index (χ2v) is 2.84. The highest BCUT2D eigenvalue weighted by Crippen LogP contribution is 2.21. The van der Waals surface area contributed by atoms with E-state index in [1.807, 2.05) is 0 Å². The number of carboxylic acids is 1. The molecule has 0 fully saturated rings. The van der Waals surface area contributed by atoms with Crippen LogP contribution in [-0.4, -0.2) is 16.1 Å². The number of carbonyl (C=O) groups is 1. The van der Waals surface area contributed by atoms with Gasteiger partial charge in [-0.2, -0.15) is 0 Å². The summed E-state index contributed by atoms with van der Waals surface area (Å²) in [7, 11) is 0. The van der Waals surface area contributed by atoms with Crippen LogP contribution in [-0.2, 0) is 4.79 Å². The van der Waals surface area contributed by atoms with E-state index in [1.165, 1.54) is 6.20 Å². The van der Waals surface area contributed by atoms with E-state index in [2.05, 4.69) is 4.98 Å². The number of oxazole rings is 1. The number of carboxylic acid groups (broad SMARTS) is 1. The number of rotatable bonds is 3. The van der Waals surface area contributed by atoms with Gasteiger partial charge in [0.25, 0.3) is 5.35 Å². The summed E-state index contributed by atoms with van der Waals surface area (Å²) in [4.78, 5) is 13.9. The molecular weight excluding hydrogens is 182 g/mol. The molecule has 1 aromatic heterocycles. The van der Waals surface area contributed by atoms with Crippen molar-refractivity contribution in [1.82, 2.24) is 4.98 Å². The van der Waals surface area contributed by atoms with Gasteiger partial charge in [-0.05, 0) is 11.6 Å². The number of nitrogens with zero attached hydrogens (tertiary/aromatic N) is 1. The van der Waals surface area contributed by atoms with Crippen molar-refractivity contribution in [2.24, 2.45) is 0 Å². The monoisotopic (exact) mass is 189 g/mol. The molecule has 0 saturated carbocycles. The first kappa shape index (κ1) is 9.06. The lowest BCUT2D eigenvalue weighted by Crippen LogP contribution is -2.01. The molecule has 0 saturated heterocycles. The van der Waals surface area contributed by atoms with Crippen LogP contribution in [0.5, 0.6) is 0 Å². The molecule has 1 atom stereocenters. The largest absolute Gasteiger partial charge is 0.481 e. The van der Waals surface area contributed by atoms with Crippen molar-refractivity contribution in [2.45, 2.75) is 19.3 Å². The lowest BCUT2D eigenvalue weighted by Gasteiger charge is -2.01. The van der Waals surface area contributed by atoms with E-state index < -0.39 is 5.97 Å². The van der Waals surface area contributed by atoms with Gasteiger partial charge >= 0.3 is 5.97 Å². The van der Waals surface area contributed by atoms with Crippen LogP contribution in [0, 0.1) is 0 Å². The van der Waals surface area contributed by atoms with Gasteiger partial charge < -0.3 is 9.52 Å². The van der Waals surface area contributed by atoms with Gasteiger partial charge in [0.05, 0.1) is 12.6 Å². The Morgan fingerprint density at radius 2 is 2.58 bits per heavy atom. The van der Waals surface area contributed by atoms with Crippen LogP contribution >= 0.6 is 11.6 Å². The molecule has 1 unspecified atom stereocenters. The van der Waals surface area contributed by atoms with Crippen LogP contribution in [0.15, 0.2) is 10.6 Å². The standard InChI is InChI=1S/C7H8ClNO3/c1-4(2-6(10)11)5-3-9-7(8)12-5/h3-4H,2H2,1H3,(H,10,11). The number of halogens is 1. The number of aromatic nitrogens is 1. The van der Waals surface area contributed by atoms with Gasteiger partial charge in [0.1, 0.15) is 5.76 Å². The average Bonchev–Trinajstić information content (AvgIpc) is 2.34. The summed E-state index contributed by atoms with van der Waals surface area (Å²) in [6.07, 6.45) is 1.46. The second kappa shape index (κ2) is 3.58. The van der Waals surface area contributed by atoms with Crippen LogP contribution in [0.25, 0.3) is 0 Å². The maximum Gasteiger partial charge on any atom is 0.304 e. The summed E-state index contributed by atoms with van der Waals surface area (Å²) in [6.45, 7) is 1.74. The Labute approximate surface area is 74.2 Å². The third kappa shape index (κ3) is 2.23. The Bertz CT molecular complexity index is 284. The lowest BCUT2D eigenvalue weighted by atomic mass is 10.1. The molecule has 0 radical (unpaired) electrons. The van der Waals surface area contributed by atoms with Gasteiger partial charge in [-0.25, -0.2) is 4.98 Å². The summed E-state index contributed by atoms with van der Waals surface area (Å²) < 4.78 is 4.94. The van der Waals surface area contributed by atoms with Gasteiger partial charge in [-0.15, -0.1) is 0 Å². The third-order valence-electron chi connectivity index (χ3n) is 1.46. The predicted octanol–water partition coefficient (Wildman–Crippen LogP) is 1.91. The van der Waals surface area contributed by atoms with Gasteiger partial charge in [0.15, 0.2) is 0 Å². The first-order chi connectivity index (χ1) is 5.59. The quantitative estimate of drug-likeness (QED) is 0.789. The zero-order valence-electron chi connectivity index (χ0n) is 6.45. The zero-order valence-corrected chi connectivity index (χ0v) is 7.21. The molecule has 0 aliphatic carbocycles. The summed E-state index contributed by atoms with van der Waals surface area (Å²) in [5, 5.41) is 8.50. The van der Waals surface area contributed by atoms with Gasteiger partial charge in [-0.1, -0.05) is 6.92 Å². The SMILES string of the molecule is CC(CC(=O)O)c1cnc(Cl)o1. The molecule has 0 aromatic carbocycles. The highest BCUT2D eigenvalue weighted by atomic mass is 35.5. The first-order valence-electron chi connectivity index (χ1n) is 3.42. The maximum atomic E-state index is 10.3. The van der Waals surface area contributed by atoms with Gasteiger partial charge in [0, 0.05) is 5.92 Å². The predicted molar refractivity (Wildman–Crippen MR) is 42.2 cm³/mol. The Hall–Kier alpha value is -1.03. The zero-order chi connectivity index (χ0) is 9.14. The molecular formula is C7H8ClNO3. The minimum absolute atomic E-state index is 0.0194. The third-order valence-corrected chi connectivity index (χ3v) is 1.64. The number of hydrogen-bond acceptors (Lipinski definition) is 3. The Morgan fingerprint density at radius 1 is 1.92 bits per heavy atom. The Balaban J connectivity index is 2.64. The van der Waals surface area contributed by atoms with Crippen LogP contribution < -0.4 is 0 Å². The fraction of sp³-hybridized carbons (Fsp3) is 0.429. The van der Waals surface area contributed by atoms with Crippen LogP contribution in [0.4, 0.5) is 0 Å². The second-order valence-electron chi connectivity index (χ2n) is 2.51. The summed E-state index contributed by atoms with van der Waals surface area (Å²) >= 11 is 5.42. The molecule has 0 aliphatic rings. The van der Waals surface area contributed by atoms with E-state index >= 15 is 0 Å². The minimum Gasteiger partial charge on any atom is -0.481 e. The van der Waals surface area contributed by atoms with E-state index in [0.717, 1.165) is 0 Å². The van der Waals surface area contributed by atoms with Crippen molar-refractivity contribution < 1.29 is 14.3 Å². The van der Waals surface area contributed by atoms with E-state index in [1.54, 1.807) is 6.92 Å². The normalized spacial score (nSPS) is 12.8. The van der Waals surface area contributed by atoms with Crippen molar-refractivity contribution in [3.05, 3.63) is 17.3 Å². The molecule has 0 amide bonds. The van der Waals surface area contributed by atoms with Crippen molar-refractivity contribution in [3.8, 4) is 0 Å². The minimum atomic E-state index is -0.866. The molecule has 66 valence electrons. The van der Waals surface area contributed by atoms with E-state index in [-0.39, 0.29) is 17.7 Å². The topological polar surface area (TPSA) is 63.3 Å². The van der Waals surface area contributed by atoms with Gasteiger partial charge in [0.2, 0.25) is 0 Å². The molecule has 1 heterocycles. The molecule has 1 aromatic rings. The lowest BCUT2D eigenvalue weighted by molar-refractivity contribution is -0.137. The van der Waals surface area contributed by atoms with E-state index in [9.17, 15) is 4.79 Å². The molecule has 12 heavy (non-hydrogen) atoms. The molecule has 1 N–H and O–H groups in total. The fourth-order valence-corrected chi connectivity index (χ4v) is 0.993. The summed E-state index contributed by atoms with van der Waals surface area (Å²) in [5.41, 5.74) is 0. The van der Waals surface area contributed by atoms with Crippen LogP contribution in [0.3, 0.4) is 0 Å². The van der Waals surface area contributed by atoms with Crippen molar-refractivity contribution in [1.29, 1.82) is 0 Å². The van der Waals surface area contributed by atoms with Crippen LogP contribution in [0.2, 0.25) is 5.35 Å². The number of aliphatic carboxylic acids is 1. The van der Waals surface area contributed by atoms with Crippen LogP contribution in [0.1, 0.15) is 25.0 Å². The van der Waals surface area contributed by atoms with Crippen molar-refractivity contribution in [3.63, 3.8) is 0 Å². The van der Waals surface area contributed by atoms with E-state index in [4.69, 9.17) is 21.1 Å². The van der Waals surface area contributed by atoms with Crippen molar-refractivity contribution >= 4 is 17.6 Å². The average molecular weight is 190 g/mol. The smallest absolute Gasteiger partial charge is 0.304 e. The van der Waals surface area contributed by atoms with Gasteiger partial charge in [-0.3, -0.25) is 4.79 Å². The van der Waals surface area contributed by atoms with E-state index in [0.29, 0.717) is 5.76 Å². The first-order valence-corrected chi connectivity index (χ1v) is 3.80. The highest BCUT2D eigenvalue weighted by Gasteiger charge is 2.14. The van der Waals surface area contributed by atoms with Crippen molar-refractivity contribution in [2.75, 3.05) is 0 Å². The Kier molecular flexibility index (Phi) is 2.70. The Morgan fingerprint density at radius 3 is 3.00 bits per heavy atom.